The molecule has 1 saturated carbocycles. The molecule has 5 unspecified atom stereocenters. The van der Waals surface area contributed by atoms with Gasteiger partial charge in [-0.3, -0.25) is 9.79 Å². The minimum atomic E-state index is -1.08. The molecule has 2 spiro atoms. The van der Waals surface area contributed by atoms with Crippen molar-refractivity contribution in [1.29, 1.82) is 0 Å². The number of aromatic nitrogens is 2. The molecule has 9 heterocycles. The smallest absolute Gasteiger partial charge is 0.341 e. The summed E-state index contributed by atoms with van der Waals surface area (Å²) in [7, 11) is 0. The van der Waals surface area contributed by atoms with E-state index in [0.29, 0.717) is 73.1 Å². The van der Waals surface area contributed by atoms with E-state index in [-0.39, 0.29) is 40.1 Å². The molecule has 55 heavy (non-hydrogen) atoms. The topological polar surface area (TPSA) is 192 Å². The van der Waals surface area contributed by atoms with Crippen LogP contribution in [0.4, 0.5) is 11.6 Å². The van der Waals surface area contributed by atoms with E-state index in [1.165, 1.54) is 11.6 Å². The van der Waals surface area contributed by atoms with Gasteiger partial charge in [-0.25, -0.2) is 14.8 Å². The molecule has 4 aromatic rings. The van der Waals surface area contributed by atoms with Crippen LogP contribution < -0.4 is 21.6 Å². The van der Waals surface area contributed by atoms with Crippen LogP contribution in [0.2, 0.25) is 0 Å². The fourth-order valence-corrected chi connectivity index (χ4v) is 9.98. The number of nitrogens with two attached hydrogens (primary N) is 2. The number of benzene rings is 1. The van der Waals surface area contributed by atoms with Crippen molar-refractivity contribution in [3.8, 4) is 22.8 Å². The number of ether oxygens (including phenoxy) is 3. The Morgan fingerprint density at radius 3 is 2.71 bits per heavy atom. The van der Waals surface area contributed by atoms with Gasteiger partial charge in [0.15, 0.2) is 16.6 Å². The van der Waals surface area contributed by atoms with Gasteiger partial charge in [-0.2, -0.15) is 0 Å². The van der Waals surface area contributed by atoms with Crippen LogP contribution in [0, 0.1) is 12.8 Å². The molecule has 282 valence electrons. The molecule has 13 nitrogen and oxygen atoms in total. The number of fused-ring (bicyclic) bond motifs is 5. The summed E-state index contributed by atoms with van der Waals surface area (Å²) in [5.74, 6) is 0.833. The number of anilines is 2. The lowest BCUT2D eigenvalue weighted by Crippen LogP contribution is -2.66. The van der Waals surface area contributed by atoms with Crippen molar-refractivity contribution in [2.45, 2.75) is 94.7 Å². The fraction of sp³-hybridized carbons (Fsp3) is 0.405. The number of nitrogen functional groups attached to an aromatic ring is 2. The van der Waals surface area contributed by atoms with E-state index in [1.54, 1.807) is 19.1 Å². The second-order valence-corrected chi connectivity index (χ2v) is 16.5. The first-order valence-electron chi connectivity index (χ1n) is 18.9. The predicted octanol–water partition coefficient (Wildman–Crippen LogP) is 5.61. The molecule has 4 fully saturated rings. The third-order valence-corrected chi connectivity index (χ3v) is 12.6. The summed E-state index contributed by atoms with van der Waals surface area (Å²) in [6, 6.07) is 10.7. The Morgan fingerprint density at radius 2 is 1.87 bits per heavy atom. The van der Waals surface area contributed by atoms with E-state index >= 15 is 0 Å². The highest BCUT2D eigenvalue weighted by Crippen LogP contribution is 2.64. The lowest BCUT2D eigenvalue weighted by molar-refractivity contribution is -0.219. The van der Waals surface area contributed by atoms with E-state index in [0.717, 1.165) is 35.5 Å². The van der Waals surface area contributed by atoms with Crippen LogP contribution in [0.25, 0.3) is 22.2 Å². The van der Waals surface area contributed by atoms with Gasteiger partial charge in [-0.05, 0) is 101 Å². The Kier molecular flexibility index (Phi) is 7.17. The maximum Gasteiger partial charge on any atom is 0.341 e. The molecular formula is C42H42N6O7. The number of nitrogens with zero attached hydrogens (tertiary/aromatic N) is 4. The molecule has 11 rings (SSSR count). The summed E-state index contributed by atoms with van der Waals surface area (Å²) in [5, 5.41) is 11.8. The number of esters is 1. The Morgan fingerprint density at radius 1 is 1.04 bits per heavy atom. The summed E-state index contributed by atoms with van der Waals surface area (Å²) in [4.78, 5) is 43.2. The summed E-state index contributed by atoms with van der Waals surface area (Å²) < 4.78 is 25.4. The number of phenols is 1. The molecule has 1 aliphatic carbocycles. The maximum absolute atomic E-state index is 14.3. The minimum absolute atomic E-state index is 0.109. The molecule has 5 atom stereocenters. The summed E-state index contributed by atoms with van der Waals surface area (Å²) in [5.41, 5.74) is 15.4. The summed E-state index contributed by atoms with van der Waals surface area (Å²) in [6.07, 6.45) is 9.25. The number of allylic oxidation sites excluding steroid dienone is 1. The molecule has 13 heteroatoms. The maximum atomic E-state index is 14.3. The quantitative estimate of drug-likeness (QED) is 0.164. The normalized spacial score (nSPS) is 28.2. The Balaban J connectivity index is 0.886. The number of aromatic hydroxyl groups is 1. The van der Waals surface area contributed by atoms with Gasteiger partial charge in [0, 0.05) is 53.7 Å². The van der Waals surface area contributed by atoms with Gasteiger partial charge in [-0.15, -0.1) is 0 Å². The molecule has 0 radical (unpaired) electrons. The van der Waals surface area contributed by atoms with Crippen LogP contribution in [-0.4, -0.2) is 61.6 Å². The van der Waals surface area contributed by atoms with Crippen molar-refractivity contribution in [1.82, 2.24) is 14.9 Å². The first-order chi connectivity index (χ1) is 26.3. The molecule has 7 aliphatic rings. The Hall–Kier alpha value is -5.69. The molecule has 3 saturated heterocycles. The van der Waals surface area contributed by atoms with Crippen molar-refractivity contribution in [2.24, 2.45) is 10.9 Å². The average Bonchev–Trinajstić information content (AvgIpc) is 3.41. The number of rotatable bonds is 6. The zero-order valence-corrected chi connectivity index (χ0v) is 30.9. The van der Waals surface area contributed by atoms with Gasteiger partial charge in [0.2, 0.25) is 0 Å². The second kappa shape index (κ2) is 11.7. The van der Waals surface area contributed by atoms with Crippen molar-refractivity contribution >= 4 is 34.8 Å². The summed E-state index contributed by atoms with van der Waals surface area (Å²) in [6.45, 7) is 6.89. The van der Waals surface area contributed by atoms with Gasteiger partial charge in [0.05, 0.1) is 29.7 Å². The Labute approximate surface area is 316 Å². The monoisotopic (exact) mass is 742 g/mol. The van der Waals surface area contributed by atoms with E-state index in [4.69, 9.17) is 30.1 Å². The van der Waals surface area contributed by atoms with Crippen LogP contribution in [0.3, 0.4) is 0 Å². The lowest BCUT2D eigenvalue weighted by atomic mass is 9.58. The number of pyridine rings is 2. The van der Waals surface area contributed by atoms with Gasteiger partial charge in [0.1, 0.15) is 45.5 Å². The third kappa shape index (κ3) is 5.26. The molecule has 1 aromatic carbocycles. The standard InChI is InChI=1S/C42H42N6O7/c1-21-10-30(49)37-31(52-21)16-32-36(38(37)50)27-11-23-6-8-42(27,40(2,3)53-32)55-39(51)41(17-23)33(54-41)5-4-22-12-28(47-34(43)13-22)25-14-26(46-35(44)15-25)19-48-18-24-7-9-45-29(24)20-48/h7,9-10,12-16,20,23,27,33,50H,4-6,8,11,17-19H2,1-3H3,(H2,43,47)(H2,44,46). The summed E-state index contributed by atoms with van der Waals surface area (Å²) >= 11 is 0. The first-order valence-corrected chi connectivity index (χ1v) is 18.9. The number of hydrogen-bond acceptors (Lipinski definition) is 13. The third-order valence-electron chi connectivity index (χ3n) is 12.6. The molecule has 6 aliphatic heterocycles. The van der Waals surface area contributed by atoms with E-state index in [2.05, 4.69) is 19.9 Å². The van der Waals surface area contributed by atoms with Crippen LogP contribution in [0.15, 0.2) is 74.1 Å². The van der Waals surface area contributed by atoms with Crippen LogP contribution in [0.5, 0.6) is 11.5 Å². The lowest BCUT2D eigenvalue weighted by Gasteiger charge is -2.58. The van der Waals surface area contributed by atoms with Gasteiger partial charge < -0.3 is 40.1 Å². The molecule has 2 bridgehead atoms. The number of aliphatic imine (C=N–C) groups is 1. The zero-order valence-electron chi connectivity index (χ0n) is 30.9. The molecule has 0 amide bonds. The van der Waals surface area contributed by atoms with E-state index in [1.807, 2.05) is 50.5 Å². The fourth-order valence-electron chi connectivity index (χ4n) is 9.98. The SMILES string of the molecule is Cc1cc(=O)c2c(O)c3c(cc2o1)OC(C)(C)C12CCC(CC31)CC1(OC1CCc1cc(N)nc(-c3cc(N)nc(CN4C=C5N=CC=C5C4)c3)c1)C(=O)O2. The highest BCUT2D eigenvalue weighted by atomic mass is 16.7. The molecule has 5 N–H and O–H groups in total. The average molecular weight is 743 g/mol. The number of epoxide rings is 1. The largest absolute Gasteiger partial charge is 0.507 e. The number of phenolic OH excluding ortho intramolecular Hbond substituents is 1. The van der Waals surface area contributed by atoms with Crippen LogP contribution in [-0.2, 0) is 27.2 Å². The number of carbonyl (C=O) groups is 1. The predicted molar refractivity (Wildman–Crippen MR) is 204 cm³/mol. The van der Waals surface area contributed by atoms with Gasteiger partial charge in [-0.1, -0.05) is 0 Å². The van der Waals surface area contributed by atoms with Gasteiger partial charge >= 0.3 is 5.97 Å². The van der Waals surface area contributed by atoms with Gasteiger partial charge in [0.25, 0.3) is 0 Å². The zero-order chi connectivity index (χ0) is 38.0. The van der Waals surface area contributed by atoms with E-state index < -0.39 is 22.8 Å². The highest BCUT2D eigenvalue weighted by molar-refractivity contribution is 5.88. The number of aryl methyl sites for hydroxylation is 2. The van der Waals surface area contributed by atoms with Crippen LogP contribution in [0.1, 0.15) is 74.5 Å². The van der Waals surface area contributed by atoms with Crippen molar-refractivity contribution in [3.63, 3.8) is 0 Å². The number of hydrogen-bond donors (Lipinski definition) is 3. The van der Waals surface area contributed by atoms with Crippen LogP contribution >= 0.6 is 0 Å². The van der Waals surface area contributed by atoms with E-state index in [9.17, 15) is 14.7 Å². The first kappa shape index (κ1) is 33.8. The number of carbonyl (C=O) groups excluding carboxylic acids is 1. The van der Waals surface area contributed by atoms with Crippen molar-refractivity contribution in [2.75, 3.05) is 18.0 Å². The van der Waals surface area contributed by atoms with Crippen molar-refractivity contribution in [3.05, 3.63) is 92.7 Å². The second-order valence-electron chi connectivity index (χ2n) is 16.5. The molecular weight excluding hydrogens is 700 g/mol. The highest BCUT2D eigenvalue weighted by Gasteiger charge is 2.71. The van der Waals surface area contributed by atoms with Crippen molar-refractivity contribution < 1.29 is 28.5 Å². The molecule has 3 aromatic heterocycles. The Bertz CT molecular complexity index is 2510. The minimum Gasteiger partial charge on any atom is -0.507 e.